The molecule has 0 N–H and O–H groups in total. The van der Waals surface area contributed by atoms with Gasteiger partial charge in [-0.25, -0.2) is 13.4 Å². The molecule has 0 aliphatic carbocycles. The molecule has 0 spiro atoms. The van der Waals surface area contributed by atoms with Crippen molar-refractivity contribution in [2.24, 2.45) is 0 Å². The normalized spacial score (nSPS) is 17.3. The fourth-order valence-electron chi connectivity index (χ4n) is 2.06. The van der Waals surface area contributed by atoms with Crippen LogP contribution in [0.4, 0.5) is 0 Å². The van der Waals surface area contributed by atoms with Gasteiger partial charge in [0, 0.05) is 23.3 Å². The molecule has 0 bridgehead atoms. The first-order valence-corrected chi connectivity index (χ1v) is 8.62. The molecular weight excluding hydrogens is 288 g/mol. The summed E-state index contributed by atoms with van der Waals surface area (Å²) in [5, 5.41) is 0. The van der Waals surface area contributed by atoms with E-state index in [2.05, 4.69) is 9.88 Å². The van der Waals surface area contributed by atoms with E-state index in [0.29, 0.717) is 12.5 Å². The predicted octanol–water partition coefficient (Wildman–Crippen LogP) is 1.87. The van der Waals surface area contributed by atoms with E-state index in [1.165, 1.54) is 37.6 Å². The van der Waals surface area contributed by atoms with Gasteiger partial charge in [0.05, 0.1) is 6.20 Å². The molecule has 0 unspecified atom stereocenters. The van der Waals surface area contributed by atoms with Crippen LogP contribution in [0.2, 0.25) is 0 Å². The van der Waals surface area contributed by atoms with E-state index in [4.69, 9.17) is 15.4 Å². The van der Waals surface area contributed by atoms with E-state index in [9.17, 15) is 8.42 Å². The summed E-state index contributed by atoms with van der Waals surface area (Å²) in [5.74, 6) is 0.418. The van der Waals surface area contributed by atoms with Gasteiger partial charge >= 0.3 is 0 Å². The summed E-state index contributed by atoms with van der Waals surface area (Å²) in [6, 6.07) is 2.91. The standard InChI is InChI=1S/C12H17ClN2O3S/c13-19(16,17)11-4-5-12(14-10-11)18-9-8-15-6-2-1-3-7-15/h4-5,10H,1-3,6-9H2. The lowest BCUT2D eigenvalue weighted by Crippen LogP contribution is -2.33. The van der Waals surface area contributed by atoms with Gasteiger partial charge in [-0.05, 0) is 32.0 Å². The second-order valence-corrected chi connectivity index (χ2v) is 7.09. The maximum atomic E-state index is 11.0. The number of halogens is 1. The molecule has 1 aromatic rings. The van der Waals surface area contributed by atoms with Crippen molar-refractivity contribution < 1.29 is 13.2 Å². The van der Waals surface area contributed by atoms with E-state index < -0.39 is 9.05 Å². The molecule has 2 heterocycles. The Labute approximate surface area is 118 Å². The van der Waals surface area contributed by atoms with Crippen molar-refractivity contribution in [3.63, 3.8) is 0 Å². The van der Waals surface area contributed by atoms with Gasteiger partial charge in [0.1, 0.15) is 11.5 Å². The van der Waals surface area contributed by atoms with Crippen LogP contribution < -0.4 is 4.74 Å². The summed E-state index contributed by atoms with van der Waals surface area (Å²) in [5.41, 5.74) is 0. The highest BCUT2D eigenvalue weighted by Gasteiger charge is 2.11. The number of pyridine rings is 1. The largest absolute Gasteiger partial charge is 0.476 e. The first-order chi connectivity index (χ1) is 9.05. The molecular formula is C12H17ClN2O3S. The first kappa shape index (κ1) is 14.6. The lowest BCUT2D eigenvalue weighted by atomic mass is 10.1. The number of rotatable bonds is 5. The highest BCUT2D eigenvalue weighted by atomic mass is 35.7. The van der Waals surface area contributed by atoms with Crippen LogP contribution in [0.1, 0.15) is 19.3 Å². The molecule has 1 fully saturated rings. The Bertz CT molecular complexity index is 498. The molecule has 2 rings (SSSR count). The molecule has 106 valence electrons. The van der Waals surface area contributed by atoms with Crippen LogP contribution in [0.25, 0.3) is 0 Å². The molecule has 0 radical (unpaired) electrons. The van der Waals surface area contributed by atoms with Gasteiger partial charge in [-0.3, -0.25) is 4.90 Å². The Kier molecular flexibility index (Phi) is 5.01. The predicted molar refractivity (Wildman–Crippen MR) is 73.1 cm³/mol. The summed E-state index contributed by atoms with van der Waals surface area (Å²) < 4.78 is 27.6. The number of ether oxygens (including phenoxy) is 1. The Morgan fingerprint density at radius 2 is 2.00 bits per heavy atom. The maximum Gasteiger partial charge on any atom is 0.262 e. The molecule has 0 saturated carbocycles. The van der Waals surface area contributed by atoms with Crippen molar-refractivity contribution in [2.75, 3.05) is 26.2 Å². The van der Waals surface area contributed by atoms with Crippen molar-refractivity contribution in [1.29, 1.82) is 0 Å². The summed E-state index contributed by atoms with van der Waals surface area (Å²) >= 11 is 0. The van der Waals surface area contributed by atoms with E-state index in [-0.39, 0.29) is 4.90 Å². The number of hydrogen-bond acceptors (Lipinski definition) is 5. The third kappa shape index (κ3) is 4.63. The third-order valence-electron chi connectivity index (χ3n) is 3.10. The van der Waals surface area contributed by atoms with Crippen LogP contribution in [-0.2, 0) is 9.05 Å². The van der Waals surface area contributed by atoms with Crippen LogP contribution >= 0.6 is 10.7 Å². The Morgan fingerprint density at radius 3 is 2.58 bits per heavy atom. The maximum absolute atomic E-state index is 11.0. The second kappa shape index (κ2) is 6.54. The monoisotopic (exact) mass is 304 g/mol. The van der Waals surface area contributed by atoms with Gasteiger partial charge in [-0.2, -0.15) is 0 Å². The summed E-state index contributed by atoms with van der Waals surface area (Å²) in [4.78, 5) is 6.27. The number of nitrogens with zero attached hydrogens (tertiary/aromatic N) is 2. The summed E-state index contributed by atoms with van der Waals surface area (Å²) in [7, 11) is 1.49. The lowest BCUT2D eigenvalue weighted by Gasteiger charge is -2.25. The van der Waals surface area contributed by atoms with Gasteiger partial charge in [0.2, 0.25) is 5.88 Å². The lowest BCUT2D eigenvalue weighted by molar-refractivity contribution is 0.180. The van der Waals surface area contributed by atoms with Crippen molar-refractivity contribution in [3.05, 3.63) is 18.3 Å². The zero-order valence-corrected chi connectivity index (χ0v) is 12.2. The average Bonchev–Trinajstić information content (AvgIpc) is 2.39. The van der Waals surface area contributed by atoms with E-state index >= 15 is 0 Å². The van der Waals surface area contributed by atoms with Crippen LogP contribution in [0, 0.1) is 0 Å². The third-order valence-corrected chi connectivity index (χ3v) is 4.44. The smallest absolute Gasteiger partial charge is 0.262 e. The molecule has 19 heavy (non-hydrogen) atoms. The van der Waals surface area contributed by atoms with Crippen molar-refractivity contribution in [1.82, 2.24) is 9.88 Å². The molecule has 1 aliphatic rings. The summed E-state index contributed by atoms with van der Waals surface area (Å²) in [6.45, 7) is 3.68. The number of likely N-dealkylation sites (tertiary alicyclic amines) is 1. The Balaban J connectivity index is 1.80. The van der Waals surface area contributed by atoms with Gasteiger partial charge in [0.25, 0.3) is 9.05 Å². The molecule has 0 amide bonds. The van der Waals surface area contributed by atoms with Gasteiger partial charge in [-0.1, -0.05) is 6.42 Å². The quantitative estimate of drug-likeness (QED) is 0.777. The number of hydrogen-bond donors (Lipinski definition) is 0. The number of piperidine rings is 1. The van der Waals surface area contributed by atoms with E-state index in [1.807, 2.05) is 0 Å². The van der Waals surface area contributed by atoms with E-state index in [1.54, 1.807) is 0 Å². The van der Waals surface area contributed by atoms with Crippen LogP contribution in [-0.4, -0.2) is 44.5 Å². The fraction of sp³-hybridized carbons (Fsp3) is 0.583. The molecule has 0 atom stereocenters. The summed E-state index contributed by atoms with van der Waals surface area (Å²) in [6.07, 6.45) is 5.02. The minimum absolute atomic E-state index is 0.0162. The van der Waals surface area contributed by atoms with Crippen LogP contribution in [0.3, 0.4) is 0 Å². The van der Waals surface area contributed by atoms with Crippen LogP contribution in [0.15, 0.2) is 23.2 Å². The SMILES string of the molecule is O=S(=O)(Cl)c1ccc(OCCN2CCCCC2)nc1. The van der Waals surface area contributed by atoms with Crippen molar-refractivity contribution in [3.8, 4) is 5.88 Å². The van der Waals surface area contributed by atoms with Crippen molar-refractivity contribution >= 4 is 19.7 Å². The molecule has 7 heteroatoms. The minimum Gasteiger partial charge on any atom is -0.476 e. The van der Waals surface area contributed by atoms with Gasteiger partial charge in [-0.15, -0.1) is 0 Å². The van der Waals surface area contributed by atoms with Crippen molar-refractivity contribution in [2.45, 2.75) is 24.2 Å². The molecule has 1 aliphatic heterocycles. The molecule has 1 saturated heterocycles. The Hall–Kier alpha value is -0.850. The molecule has 1 aromatic heterocycles. The average molecular weight is 305 g/mol. The zero-order chi connectivity index (χ0) is 13.7. The molecule has 5 nitrogen and oxygen atoms in total. The highest BCUT2D eigenvalue weighted by Crippen LogP contribution is 2.16. The van der Waals surface area contributed by atoms with Gasteiger partial charge < -0.3 is 4.74 Å². The number of aromatic nitrogens is 1. The van der Waals surface area contributed by atoms with Gasteiger partial charge in [0.15, 0.2) is 0 Å². The second-order valence-electron chi connectivity index (χ2n) is 4.52. The first-order valence-electron chi connectivity index (χ1n) is 6.31. The zero-order valence-electron chi connectivity index (χ0n) is 10.6. The highest BCUT2D eigenvalue weighted by molar-refractivity contribution is 8.13. The topological polar surface area (TPSA) is 59.5 Å². The minimum atomic E-state index is -3.71. The molecule has 0 aromatic carbocycles. The van der Waals surface area contributed by atoms with E-state index in [0.717, 1.165) is 19.6 Å². The van der Waals surface area contributed by atoms with Crippen LogP contribution in [0.5, 0.6) is 5.88 Å². The Morgan fingerprint density at radius 1 is 1.26 bits per heavy atom. The fourth-order valence-corrected chi connectivity index (χ4v) is 2.74.